The van der Waals surface area contributed by atoms with Crippen LogP contribution in [0.4, 0.5) is 0 Å². The summed E-state index contributed by atoms with van der Waals surface area (Å²) in [6, 6.07) is 16.4. The van der Waals surface area contributed by atoms with Crippen LogP contribution in [0, 0.1) is 13.8 Å². The lowest BCUT2D eigenvalue weighted by molar-refractivity contribution is 0.264. The number of para-hydroxylation sites is 1. The molecule has 0 aliphatic carbocycles. The Kier molecular flexibility index (Phi) is 5.16. The highest BCUT2D eigenvalue weighted by Gasteiger charge is 2.09. The van der Waals surface area contributed by atoms with Gasteiger partial charge in [0.25, 0.3) is 0 Å². The summed E-state index contributed by atoms with van der Waals surface area (Å²) in [7, 11) is 0. The monoisotopic (exact) mass is 270 g/mol. The first-order chi connectivity index (χ1) is 9.69. The summed E-state index contributed by atoms with van der Waals surface area (Å²) in [5.74, 6) is 6.49. The third-order valence-corrected chi connectivity index (χ3v) is 3.48. The van der Waals surface area contributed by atoms with Crippen molar-refractivity contribution in [1.29, 1.82) is 0 Å². The number of ether oxygens (including phenoxy) is 1. The van der Waals surface area contributed by atoms with Crippen molar-refractivity contribution in [2.45, 2.75) is 26.3 Å². The van der Waals surface area contributed by atoms with Gasteiger partial charge in [-0.05, 0) is 49.1 Å². The van der Waals surface area contributed by atoms with Crippen LogP contribution in [0.25, 0.3) is 0 Å². The molecule has 1 atom stereocenters. The number of benzene rings is 2. The van der Waals surface area contributed by atoms with Crippen LogP contribution >= 0.6 is 0 Å². The Morgan fingerprint density at radius 3 is 2.45 bits per heavy atom. The van der Waals surface area contributed by atoms with Crippen molar-refractivity contribution >= 4 is 0 Å². The number of aryl methyl sites for hydroxylation is 2. The van der Waals surface area contributed by atoms with E-state index in [-0.39, 0.29) is 6.04 Å². The number of rotatable bonds is 6. The van der Waals surface area contributed by atoms with Gasteiger partial charge in [-0.1, -0.05) is 36.4 Å². The largest absolute Gasteiger partial charge is 0.492 e. The van der Waals surface area contributed by atoms with Gasteiger partial charge < -0.3 is 4.74 Å². The van der Waals surface area contributed by atoms with Crippen LogP contribution in [0.1, 0.15) is 16.7 Å². The molecule has 0 aliphatic rings. The molecule has 3 nitrogen and oxygen atoms in total. The first-order valence-electron chi connectivity index (χ1n) is 6.89. The number of nitrogens with one attached hydrogen (secondary N) is 1. The van der Waals surface area contributed by atoms with Gasteiger partial charge in [0, 0.05) is 0 Å². The maximum Gasteiger partial charge on any atom is 0.119 e. The van der Waals surface area contributed by atoms with Crippen molar-refractivity contribution in [2.75, 3.05) is 6.61 Å². The van der Waals surface area contributed by atoms with Crippen LogP contribution in [0.3, 0.4) is 0 Å². The molecule has 2 aromatic rings. The van der Waals surface area contributed by atoms with E-state index in [1.165, 1.54) is 16.7 Å². The van der Waals surface area contributed by atoms with Crippen molar-refractivity contribution in [3.63, 3.8) is 0 Å². The molecule has 0 heterocycles. The standard InChI is InChI=1S/C17H22N2O/c1-13-8-9-15(10-14(13)2)11-16(19-18)12-20-17-6-4-3-5-7-17/h3-10,16,19H,11-12,18H2,1-2H3. The minimum absolute atomic E-state index is 0.0947. The first-order valence-corrected chi connectivity index (χ1v) is 6.89. The molecule has 1 unspecified atom stereocenters. The molecule has 0 radical (unpaired) electrons. The van der Waals surface area contributed by atoms with Gasteiger partial charge in [0.1, 0.15) is 12.4 Å². The highest BCUT2D eigenvalue weighted by Crippen LogP contribution is 2.13. The van der Waals surface area contributed by atoms with Crippen molar-refractivity contribution in [3.8, 4) is 5.75 Å². The second kappa shape index (κ2) is 7.08. The number of hydrogen-bond acceptors (Lipinski definition) is 3. The zero-order valence-electron chi connectivity index (χ0n) is 12.1. The zero-order valence-corrected chi connectivity index (χ0v) is 12.1. The quantitative estimate of drug-likeness (QED) is 0.627. The summed E-state index contributed by atoms with van der Waals surface area (Å²) in [4.78, 5) is 0. The molecule has 20 heavy (non-hydrogen) atoms. The zero-order chi connectivity index (χ0) is 14.4. The van der Waals surface area contributed by atoms with E-state index in [4.69, 9.17) is 10.6 Å². The van der Waals surface area contributed by atoms with E-state index in [1.54, 1.807) is 0 Å². The van der Waals surface area contributed by atoms with Crippen molar-refractivity contribution in [1.82, 2.24) is 5.43 Å². The lowest BCUT2D eigenvalue weighted by Gasteiger charge is -2.17. The molecule has 0 aliphatic heterocycles. The predicted octanol–water partition coefficient (Wildman–Crippen LogP) is 2.76. The van der Waals surface area contributed by atoms with Gasteiger partial charge in [0.15, 0.2) is 0 Å². The fourth-order valence-corrected chi connectivity index (χ4v) is 2.09. The molecule has 0 saturated carbocycles. The topological polar surface area (TPSA) is 47.3 Å². The van der Waals surface area contributed by atoms with Crippen LogP contribution < -0.4 is 16.0 Å². The molecule has 3 heteroatoms. The highest BCUT2D eigenvalue weighted by atomic mass is 16.5. The fourth-order valence-electron chi connectivity index (χ4n) is 2.09. The van der Waals surface area contributed by atoms with Crippen LogP contribution in [0.5, 0.6) is 5.75 Å². The van der Waals surface area contributed by atoms with Crippen LogP contribution in [0.2, 0.25) is 0 Å². The van der Waals surface area contributed by atoms with E-state index in [2.05, 4.69) is 37.5 Å². The molecular formula is C17H22N2O. The average Bonchev–Trinajstić information content (AvgIpc) is 2.48. The summed E-state index contributed by atoms with van der Waals surface area (Å²) in [5, 5.41) is 0. The van der Waals surface area contributed by atoms with Crippen molar-refractivity contribution < 1.29 is 4.74 Å². The molecule has 0 saturated heterocycles. The van der Waals surface area contributed by atoms with Gasteiger partial charge in [-0.2, -0.15) is 0 Å². The lowest BCUT2D eigenvalue weighted by atomic mass is 10.0. The van der Waals surface area contributed by atoms with E-state index in [1.807, 2.05) is 30.3 Å². The first kappa shape index (κ1) is 14.6. The molecule has 2 aromatic carbocycles. The summed E-state index contributed by atoms with van der Waals surface area (Å²) < 4.78 is 5.74. The Hall–Kier alpha value is -1.84. The van der Waals surface area contributed by atoms with Gasteiger partial charge in [-0.25, -0.2) is 0 Å². The Labute approximate surface area is 120 Å². The summed E-state index contributed by atoms with van der Waals surface area (Å²) in [6.07, 6.45) is 0.852. The number of nitrogens with two attached hydrogens (primary N) is 1. The maximum atomic E-state index is 5.74. The van der Waals surface area contributed by atoms with Gasteiger partial charge in [0.2, 0.25) is 0 Å². The van der Waals surface area contributed by atoms with E-state index in [0.717, 1.165) is 12.2 Å². The van der Waals surface area contributed by atoms with Crippen molar-refractivity contribution in [2.24, 2.45) is 5.84 Å². The summed E-state index contributed by atoms with van der Waals surface area (Å²) in [6.45, 7) is 4.80. The van der Waals surface area contributed by atoms with Gasteiger partial charge in [-0.15, -0.1) is 0 Å². The van der Waals surface area contributed by atoms with Crippen LogP contribution in [0.15, 0.2) is 48.5 Å². The average molecular weight is 270 g/mol. The molecule has 0 fully saturated rings. The molecule has 0 spiro atoms. The van der Waals surface area contributed by atoms with Crippen molar-refractivity contribution in [3.05, 3.63) is 65.2 Å². The fraction of sp³-hybridized carbons (Fsp3) is 0.294. The number of hydrogen-bond donors (Lipinski definition) is 2. The smallest absolute Gasteiger partial charge is 0.119 e. The second-order valence-electron chi connectivity index (χ2n) is 5.11. The minimum Gasteiger partial charge on any atom is -0.492 e. The lowest BCUT2D eigenvalue weighted by Crippen LogP contribution is -2.41. The molecule has 106 valence electrons. The molecule has 0 bridgehead atoms. The summed E-state index contributed by atoms with van der Waals surface area (Å²) >= 11 is 0. The highest BCUT2D eigenvalue weighted by molar-refractivity contribution is 5.30. The van der Waals surface area contributed by atoms with Gasteiger partial charge in [0.05, 0.1) is 6.04 Å². The third-order valence-electron chi connectivity index (χ3n) is 3.48. The number of hydrazine groups is 1. The Morgan fingerprint density at radius 1 is 1.05 bits per heavy atom. The third kappa shape index (κ3) is 4.08. The molecule has 3 N–H and O–H groups in total. The maximum absolute atomic E-state index is 5.74. The van der Waals surface area contributed by atoms with E-state index >= 15 is 0 Å². The van der Waals surface area contributed by atoms with Gasteiger partial charge >= 0.3 is 0 Å². The Morgan fingerprint density at radius 2 is 1.80 bits per heavy atom. The molecule has 2 rings (SSSR count). The Bertz CT molecular complexity index is 540. The van der Waals surface area contributed by atoms with Crippen LogP contribution in [-0.4, -0.2) is 12.6 Å². The summed E-state index contributed by atoms with van der Waals surface area (Å²) in [5.41, 5.74) is 6.72. The SMILES string of the molecule is Cc1ccc(CC(COc2ccccc2)NN)cc1C. The predicted molar refractivity (Wildman–Crippen MR) is 82.7 cm³/mol. The van der Waals surface area contributed by atoms with Crippen LogP contribution in [-0.2, 0) is 6.42 Å². The molecular weight excluding hydrogens is 248 g/mol. The van der Waals surface area contributed by atoms with Gasteiger partial charge in [-0.3, -0.25) is 11.3 Å². The van der Waals surface area contributed by atoms with E-state index in [0.29, 0.717) is 6.61 Å². The second-order valence-corrected chi connectivity index (χ2v) is 5.11. The Balaban J connectivity index is 1.93. The normalized spacial score (nSPS) is 12.2. The van der Waals surface area contributed by atoms with E-state index in [9.17, 15) is 0 Å². The molecule has 0 amide bonds. The molecule has 0 aromatic heterocycles. The van der Waals surface area contributed by atoms with E-state index < -0.39 is 0 Å². The minimum atomic E-state index is 0.0947.